The van der Waals surface area contributed by atoms with Crippen molar-refractivity contribution in [2.24, 2.45) is 0 Å². The number of hydrogen-bond donors (Lipinski definition) is 1. The monoisotopic (exact) mass is 385 g/mol. The van der Waals surface area contributed by atoms with Gasteiger partial charge in [-0.05, 0) is 0 Å². The number of nitrogens with one attached hydrogen (secondary N) is 1. The van der Waals surface area contributed by atoms with Crippen LogP contribution in [0.1, 0.15) is 0 Å². The Bertz CT molecular complexity index is 486. The molecule has 0 fully saturated rings. The van der Waals surface area contributed by atoms with Crippen LogP contribution >= 0.6 is 0 Å². The molecule has 14 heteroatoms. The highest BCUT2D eigenvalue weighted by atomic mass is 19.4. The lowest BCUT2D eigenvalue weighted by molar-refractivity contribution is -0.407. The van der Waals surface area contributed by atoms with Crippen molar-refractivity contribution in [3.05, 3.63) is 12.7 Å². The van der Waals surface area contributed by atoms with E-state index in [0.717, 1.165) is 5.32 Å². The summed E-state index contributed by atoms with van der Waals surface area (Å²) in [6.45, 7) is 1.82. The Balaban J connectivity index is 6.07. The molecule has 0 saturated heterocycles. The summed E-state index contributed by atoms with van der Waals surface area (Å²) in [5.41, 5.74) is 0. The fourth-order valence-electron chi connectivity index (χ4n) is 1.16. The minimum Gasteiger partial charge on any atom is -0.347 e. The summed E-state index contributed by atoms with van der Waals surface area (Å²) in [6, 6.07) is 0. The summed E-state index contributed by atoms with van der Waals surface area (Å²) >= 11 is 0. The van der Waals surface area contributed by atoms with E-state index in [1.807, 2.05) is 0 Å². The van der Waals surface area contributed by atoms with Crippen molar-refractivity contribution in [2.75, 3.05) is 6.54 Å². The SMILES string of the molecule is C=CCNC(=O)C(F)(F)C(F)(F)C(F)(F)C(F)(F)C(F)(F)C(F)F. The third kappa shape index (κ3) is 3.01. The molecule has 0 heterocycles. The second kappa shape index (κ2) is 6.35. The topological polar surface area (TPSA) is 29.1 Å². The number of halogens is 12. The van der Waals surface area contributed by atoms with Gasteiger partial charge in [0.2, 0.25) is 0 Å². The van der Waals surface area contributed by atoms with Crippen molar-refractivity contribution in [1.29, 1.82) is 0 Å². The van der Waals surface area contributed by atoms with Gasteiger partial charge in [-0.2, -0.15) is 43.9 Å². The Labute approximate surface area is 125 Å². The van der Waals surface area contributed by atoms with Gasteiger partial charge in [0, 0.05) is 6.54 Å². The molecule has 0 aliphatic carbocycles. The van der Waals surface area contributed by atoms with Crippen LogP contribution in [0.15, 0.2) is 12.7 Å². The van der Waals surface area contributed by atoms with Gasteiger partial charge in [-0.3, -0.25) is 4.79 Å². The molecule has 0 spiro atoms. The number of carbonyl (C=O) groups excluding carboxylic acids is 1. The van der Waals surface area contributed by atoms with Crippen LogP contribution < -0.4 is 5.32 Å². The Morgan fingerprint density at radius 2 is 1.29 bits per heavy atom. The molecule has 1 amide bonds. The molecule has 24 heavy (non-hydrogen) atoms. The zero-order valence-electron chi connectivity index (χ0n) is 11.0. The fourth-order valence-corrected chi connectivity index (χ4v) is 1.16. The van der Waals surface area contributed by atoms with Crippen molar-refractivity contribution < 1.29 is 57.5 Å². The van der Waals surface area contributed by atoms with Crippen molar-refractivity contribution in [1.82, 2.24) is 5.32 Å². The number of rotatable bonds is 8. The molecule has 0 atom stereocenters. The Morgan fingerprint density at radius 3 is 1.62 bits per heavy atom. The Hall–Kier alpha value is -1.63. The maximum absolute atomic E-state index is 13.1. The smallest absolute Gasteiger partial charge is 0.347 e. The average Bonchev–Trinajstić information content (AvgIpc) is 2.43. The molecule has 0 rings (SSSR count). The molecule has 0 bridgehead atoms. The predicted octanol–water partition coefficient (Wildman–Crippen LogP) is 3.73. The first kappa shape index (κ1) is 22.4. The molecule has 0 aliphatic rings. The van der Waals surface area contributed by atoms with Gasteiger partial charge >= 0.3 is 36.0 Å². The first-order valence-electron chi connectivity index (χ1n) is 5.49. The summed E-state index contributed by atoms with van der Waals surface area (Å²) in [6.07, 6.45) is -4.98. The maximum atomic E-state index is 13.1. The standard InChI is InChI=1S/C10H7F12NO/c1-2-3-23-5(24)7(15,16)9(19,20)10(21,22)8(17,18)6(13,14)4(11)12/h2,4H,1,3H2,(H,23,24). The van der Waals surface area contributed by atoms with E-state index < -0.39 is 48.5 Å². The molecule has 0 aliphatic heterocycles. The lowest BCUT2D eigenvalue weighted by Gasteiger charge is -2.38. The van der Waals surface area contributed by atoms with Gasteiger partial charge in [0.05, 0.1) is 0 Å². The van der Waals surface area contributed by atoms with E-state index in [4.69, 9.17) is 0 Å². The van der Waals surface area contributed by atoms with Crippen molar-refractivity contribution in [3.63, 3.8) is 0 Å². The van der Waals surface area contributed by atoms with Gasteiger partial charge in [0.1, 0.15) is 0 Å². The van der Waals surface area contributed by atoms with Gasteiger partial charge in [0.15, 0.2) is 0 Å². The average molecular weight is 385 g/mol. The largest absolute Gasteiger partial charge is 0.392 e. The van der Waals surface area contributed by atoms with Gasteiger partial charge in [-0.15, -0.1) is 6.58 Å². The summed E-state index contributed by atoms with van der Waals surface area (Å²) in [4.78, 5) is 10.7. The molecule has 0 aromatic heterocycles. The van der Waals surface area contributed by atoms with Crippen LogP contribution in [0, 0.1) is 0 Å². The van der Waals surface area contributed by atoms with E-state index >= 15 is 0 Å². The van der Waals surface area contributed by atoms with Crippen LogP contribution in [0.4, 0.5) is 52.7 Å². The summed E-state index contributed by atoms with van der Waals surface area (Å²) in [5, 5.41) is 0.863. The Kier molecular flexibility index (Phi) is 5.92. The van der Waals surface area contributed by atoms with Crippen molar-refractivity contribution >= 4 is 5.91 Å². The normalized spacial score (nSPS) is 14.7. The van der Waals surface area contributed by atoms with E-state index in [9.17, 15) is 57.5 Å². The van der Waals surface area contributed by atoms with E-state index in [1.54, 1.807) is 0 Å². The van der Waals surface area contributed by atoms with Crippen molar-refractivity contribution in [3.8, 4) is 0 Å². The summed E-state index contributed by atoms with van der Waals surface area (Å²) in [5.74, 6) is -39.7. The minimum atomic E-state index is -7.71. The van der Waals surface area contributed by atoms with E-state index in [0.29, 0.717) is 6.08 Å². The third-order valence-electron chi connectivity index (χ3n) is 2.57. The zero-order valence-corrected chi connectivity index (χ0v) is 11.0. The van der Waals surface area contributed by atoms with Gasteiger partial charge in [0.25, 0.3) is 5.91 Å². The van der Waals surface area contributed by atoms with Crippen LogP contribution in [0.5, 0.6) is 0 Å². The van der Waals surface area contributed by atoms with Crippen LogP contribution in [0.2, 0.25) is 0 Å². The second-order valence-electron chi connectivity index (χ2n) is 4.22. The summed E-state index contributed by atoms with van der Waals surface area (Å²) < 4.78 is 153. The molecule has 0 saturated carbocycles. The van der Waals surface area contributed by atoms with Crippen LogP contribution in [0.25, 0.3) is 0 Å². The molecule has 2 nitrogen and oxygen atoms in total. The quantitative estimate of drug-likeness (QED) is 0.501. The van der Waals surface area contributed by atoms with E-state index in [2.05, 4.69) is 6.58 Å². The second-order valence-corrected chi connectivity index (χ2v) is 4.22. The lowest BCUT2D eigenvalue weighted by atomic mass is 9.94. The maximum Gasteiger partial charge on any atom is 0.392 e. The lowest BCUT2D eigenvalue weighted by Crippen LogP contribution is -2.70. The Morgan fingerprint density at radius 1 is 0.875 bits per heavy atom. The minimum absolute atomic E-state index is 0.601. The van der Waals surface area contributed by atoms with Gasteiger partial charge in [-0.25, -0.2) is 8.78 Å². The number of alkyl halides is 12. The molecule has 0 aromatic rings. The highest BCUT2D eigenvalue weighted by molar-refractivity contribution is 5.85. The molecule has 1 N–H and O–H groups in total. The first-order chi connectivity index (χ1) is 10.4. The third-order valence-corrected chi connectivity index (χ3v) is 2.57. The van der Waals surface area contributed by atoms with E-state index in [-0.39, 0.29) is 0 Å². The molecule has 0 radical (unpaired) electrons. The highest BCUT2D eigenvalue weighted by Gasteiger charge is 2.89. The number of carbonyl (C=O) groups is 1. The number of hydrogen-bond acceptors (Lipinski definition) is 1. The number of amides is 1. The van der Waals surface area contributed by atoms with Crippen LogP contribution in [-0.4, -0.2) is 48.5 Å². The van der Waals surface area contributed by atoms with Crippen LogP contribution in [0.3, 0.4) is 0 Å². The molecule has 142 valence electrons. The van der Waals surface area contributed by atoms with Crippen molar-refractivity contribution in [2.45, 2.75) is 36.0 Å². The molecular formula is C10H7F12NO. The summed E-state index contributed by atoms with van der Waals surface area (Å²) in [7, 11) is 0. The van der Waals surface area contributed by atoms with Gasteiger partial charge < -0.3 is 5.32 Å². The molecular weight excluding hydrogens is 378 g/mol. The highest BCUT2D eigenvalue weighted by Crippen LogP contribution is 2.58. The first-order valence-corrected chi connectivity index (χ1v) is 5.49. The molecule has 0 aromatic carbocycles. The zero-order chi connectivity index (χ0) is 19.8. The fraction of sp³-hybridized carbons (Fsp3) is 0.700. The van der Waals surface area contributed by atoms with Crippen LogP contribution in [-0.2, 0) is 4.79 Å². The van der Waals surface area contributed by atoms with E-state index in [1.165, 1.54) is 0 Å². The molecule has 0 unspecified atom stereocenters. The van der Waals surface area contributed by atoms with Gasteiger partial charge in [-0.1, -0.05) is 6.08 Å². The predicted molar refractivity (Wildman–Crippen MR) is 53.9 cm³/mol.